The Morgan fingerprint density at radius 1 is 1.11 bits per heavy atom. The van der Waals surface area contributed by atoms with Crippen molar-refractivity contribution in [2.75, 3.05) is 5.32 Å². The number of carbonyl (C=O) groups is 2. The number of nitrogens with one attached hydrogen (secondary N) is 2. The van der Waals surface area contributed by atoms with E-state index in [0.29, 0.717) is 22.9 Å². The molecular weight excluding hydrogens is 356 g/mol. The maximum absolute atomic E-state index is 12.4. The molecule has 0 aliphatic carbocycles. The number of fused-ring (bicyclic) bond motifs is 1. The molecule has 2 amide bonds. The minimum absolute atomic E-state index is 0.0386. The number of hydrogen-bond donors (Lipinski definition) is 2. The van der Waals surface area contributed by atoms with Gasteiger partial charge in [-0.3, -0.25) is 9.59 Å². The van der Waals surface area contributed by atoms with Gasteiger partial charge in [0.25, 0.3) is 11.7 Å². The zero-order valence-electron chi connectivity index (χ0n) is 16.7. The fourth-order valence-electron chi connectivity index (χ4n) is 2.91. The zero-order chi connectivity index (χ0) is 20.4. The molecule has 2 heterocycles. The van der Waals surface area contributed by atoms with Crippen molar-refractivity contribution < 1.29 is 9.59 Å². The van der Waals surface area contributed by atoms with Crippen LogP contribution in [-0.2, 0) is 11.2 Å². The van der Waals surface area contributed by atoms with Crippen molar-refractivity contribution >= 4 is 23.3 Å². The third-order valence-corrected chi connectivity index (χ3v) is 4.16. The lowest BCUT2D eigenvalue weighted by Gasteiger charge is -2.11. The fourth-order valence-corrected chi connectivity index (χ4v) is 2.91. The third-order valence-electron chi connectivity index (χ3n) is 4.16. The summed E-state index contributed by atoms with van der Waals surface area (Å²) in [5.41, 5.74) is 3.78. The highest BCUT2D eigenvalue weighted by Gasteiger charge is 2.14. The molecule has 8 nitrogen and oxygen atoms in total. The number of nitrogens with zero attached hydrogens (tertiary/aromatic N) is 4. The molecule has 2 aromatic heterocycles. The first kappa shape index (κ1) is 19.5. The topological polar surface area (TPSA) is 101 Å². The van der Waals surface area contributed by atoms with E-state index >= 15 is 0 Å². The summed E-state index contributed by atoms with van der Waals surface area (Å²) < 4.78 is 1.63. The van der Waals surface area contributed by atoms with E-state index in [9.17, 15) is 9.59 Å². The van der Waals surface area contributed by atoms with Gasteiger partial charge in [0.15, 0.2) is 5.82 Å². The molecule has 8 heteroatoms. The normalized spacial score (nSPS) is 11.1. The van der Waals surface area contributed by atoms with Crippen molar-refractivity contribution in [3.8, 4) is 0 Å². The van der Waals surface area contributed by atoms with Gasteiger partial charge in [0.1, 0.15) is 0 Å². The zero-order valence-corrected chi connectivity index (χ0v) is 16.7. The molecule has 0 aliphatic heterocycles. The van der Waals surface area contributed by atoms with E-state index in [1.165, 1.54) is 0 Å². The van der Waals surface area contributed by atoms with Crippen LogP contribution in [0.3, 0.4) is 0 Å². The number of aryl methyl sites for hydroxylation is 3. The van der Waals surface area contributed by atoms with E-state index in [1.54, 1.807) is 22.7 Å². The molecule has 0 fully saturated rings. The van der Waals surface area contributed by atoms with Crippen molar-refractivity contribution in [2.45, 2.75) is 47.1 Å². The Labute approximate surface area is 163 Å². The predicted molar refractivity (Wildman–Crippen MR) is 106 cm³/mol. The van der Waals surface area contributed by atoms with Crippen LogP contribution in [0.25, 0.3) is 5.78 Å². The minimum Gasteiger partial charge on any atom is -0.350 e. The molecule has 0 bridgehead atoms. The van der Waals surface area contributed by atoms with Gasteiger partial charge in [0.05, 0.1) is 6.42 Å². The van der Waals surface area contributed by atoms with Crippen LogP contribution in [0.4, 0.5) is 5.69 Å². The molecule has 28 heavy (non-hydrogen) atoms. The molecule has 0 aliphatic rings. The maximum atomic E-state index is 12.4. The van der Waals surface area contributed by atoms with Crippen LogP contribution in [0.15, 0.2) is 24.3 Å². The molecular formula is C20H24N6O2. The third kappa shape index (κ3) is 4.33. The number of carbonyl (C=O) groups excluding carboxylic acids is 2. The van der Waals surface area contributed by atoms with Gasteiger partial charge >= 0.3 is 0 Å². The van der Waals surface area contributed by atoms with Gasteiger partial charge in [-0.05, 0) is 64.4 Å². The number of rotatable bonds is 5. The first-order valence-corrected chi connectivity index (χ1v) is 9.14. The molecule has 0 unspecified atom stereocenters. The highest BCUT2D eigenvalue weighted by Crippen LogP contribution is 2.17. The van der Waals surface area contributed by atoms with Crippen LogP contribution >= 0.6 is 0 Å². The number of benzene rings is 1. The largest absolute Gasteiger partial charge is 0.350 e. The predicted octanol–water partition coefficient (Wildman–Crippen LogP) is 2.37. The van der Waals surface area contributed by atoms with Gasteiger partial charge in [-0.25, -0.2) is 9.50 Å². The Hall–Kier alpha value is -3.29. The minimum atomic E-state index is -0.229. The van der Waals surface area contributed by atoms with E-state index in [4.69, 9.17) is 0 Å². The summed E-state index contributed by atoms with van der Waals surface area (Å²) in [7, 11) is 0. The van der Waals surface area contributed by atoms with Crippen molar-refractivity contribution in [1.29, 1.82) is 0 Å². The Kier molecular flexibility index (Phi) is 5.39. The molecule has 146 valence electrons. The van der Waals surface area contributed by atoms with Crippen molar-refractivity contribution in [3.63, 3.8) is 0 Å². The Morgan fingerprint density at radius 2 is 1.86 bits per heavy atom. The second kappa shape index (κ2) is 7.75. The molecule has 3 aromatic rings. The van der Waals surface area contributed by atoms with Crippen molar-refractivity contribution in [2.24, 2.45) is 0 Å². The average molecular weight is 380 g/mol. The smallest absolute Gasteiger partial charge is 0.252 e. The molecule has 2 N–H and O–H groups in total. The number of anilines is 1. The Balaban J connectivity index is 1.71. The van der Waals surface area contributed by atoms with Crippen LogP contribution in [0.2, 0.25) is 0 Å². The molecule has 3 rings (SSSR count). The molecule has 1 aromatic carbocycles. The molecule has 0 saturated carbocycles. The summed E-state index contributed by atoms with van der Waals surface area (Å²) in [4.78, 5) is 33.2. The summed E-state index contributed by atoms with van der Waals surface area (Å²) in [6.07, 6.45) is 0.0386. The van der Waals surface area contributed by atoms with E-state index in [1.807, 2.05) is 40.7 Å². The molecule has 0 spiro atoms. The van der Waals surface area contributed by atoms with Gasteiger partial charge in [-0.1, -0.05) is 0 Å². The van der Waals surface area contributed by atoms with E-state index < -0.39 is 0 Å². The van der Waals surface area contributed by atoms with Crippen LogP contribution in [0, 0.1) is 20.8 Å². The second-order valence-electron chi connectivity index (χ2n) is 7.16. The maximum Gasteiger partial charge on any atom is 0.252 e. The van der Waals surface area contributed by atoms with Crippen LogP contribution < -0.4 is 10.6 Å². The lowest BCUT2D eigenvalue weighted by molar-refractivity contribution is -0.115. The van der Waals surface area contributed by atoms with Gasteiger partial charge in [0.2, 0.25) is 5.91 Å². The lowest BCUT2D eigenvalue weighted by atomic mass is 10.1. The van der Waals surface area contributed by atoms with E-state index in [2.05, 4.69) is 25.7 Å². The van der Waals surface area contributed by atoms with E-state index in [-0.39, 0.29) is 24.3 Å². The highest BCUT2D eigenvalue weighted by molar-refractivity contribution is 5.97. The van der Waals surface area contributed by atoms with Gasteiger partial charge in [0, 0.05) is 28.7 Å². The number of hydrogen-bond acceptors (Lipinski definition) is 5. The summed E-state index contributed by atoms with van der Waals surface area (Å²) in [5, 5.41) is 10.1. The van der Waals surface area contributed by atoms with Crippen molar-refractivity contribution in [3.05, 3.63) is 52.6 Å². The SMILES string of the molecule is Cc1cc(C)n2nc(CC(=O)Nc3ccc(C(=O)NC(C)C)cc3C)nc2n1. The summed E-state index contributed by atoms with van der Waals surface area (Å²) >= 11 is 0. The monoisotopic (exact) mass is 380 g/mol. The first-order chi connectivity index (χ1) is 13.2. The first-order valence-electron chi connectivity index (χ1n) is 9.14. The fraction of sp³-hybridized carbons (Fsp3) is 0.350. The van der Waals surface area contributed by atoms with Crippen LogP contribution in [-0.4, -0.2) is 37.4 Å². The quantitative estimate of drug-likeness (QED) is 0.708. The summed E-state index contributed by atoms with van der Waals surface area (Å²) in [5.74, 6) is 0.525. The van der Waals surface area contributed by atoms with E-state index in [0.717, 1.165) is 17.0 Å². The molecule has 0 radical (unpaired) electrons. The van der Waals surface area contributed by atoms with Crippen molar-refractivity contribution in [1.82, 2.24) is 24.9 Å². The van der Waals surface area contributed by atoms with Gasteiger partial charge in [-0.2, -0.15) is 4.98 Å². The Bertz CT molecular complexity index is 1050. The van der Waals surface area contributed by atoms with Gasteiger partial charge < -0.3 is 10.6 Å². The average Bonchev–Trinajstić information content (AvgIpc) is 2.98. The number of aromatic nitrogens is 4. The Morgan fingerprint density at radius 3 is 2.54 bits per heavy atom. The second-order valence-corrected chi connectivity index (χ2v) is 7.16. The summed E-state index contributed by atoms with van der Waals surface area (Å²) in [6, 6.07) is 7.15. The van der Waals surface area contributed by atoms with Gasteiger partial charge in [-0.15, -0.1) is 5.10 Å². The molecule has 0 atom stereocenters. The number of amides is 2. The lowest BCUT2D eigenvalue weighted by Crippen LogP contribution is -2.30. The standard InChI is InChI=1S/C20H24N6O2/c1-11(2)21-19(28)15-6-7-16(12(3)8-15)23-18(27)10-17-24-20-22-13(4)9-14(5)26(20)25-17/h6-9,11H,10H2,1-5H3,(H,21,28)(H,23,27). The van der Waals surface area contributed by atoms with Crippen LogP contribution in [0.5, 0.6) is 0 Å². The summed E-state index contributed by atoms with van der Waals surface area (Å²) in [6.45, 7) is 9.47. The van der Waals surface area contributed by atoms with Crippen LogP contribution in [0.1, 0.15) is 47.0 Å². The highest BCUT2D eigenvalue weighted by atomic mass is 16.2. The molecule has 0 saturated heterocycles.